The van der Waals surface area contributed by atoms with Crippen molar-refractivity contribution in [2.45, 2.75) is 13.8 Å². The van der Waals surface area contributed by atoms with E-state index in [-0.39, 0.29) is 5.78 Å². The van der Waals surface area contributed by atoms with E-state index in [1.54, 1.807) is 12.1 Å². The number of carbonyl (C=O) groups excluding carboxylic acids is 1. The van der Waals surface area contributed by atoms with Crippen LogP contribution in [0.5, 0.6) is 0 Å². The molecule has 3 nitrogen and oxygen atoms in total. The van der Waals surface area contributed by atoms with E-state index in [4.69, 9.17) is 5.73 Å². The zero-order valence-electron chi connectivity index (χ0n) is 10.5. The molecule has 0 heterocycles. The second kappa shape index (κ2) is 4.92. The number of rotatable bonds is 3. The van der Waals surface area contributed by atoms with Crippen molar-refractivity contribution in [1.29, 1.82) is 0 Å². The normalized spacial score (nSPS) is 10.1. The highest BCUT2D eigenvalue weighted by atomic mass is 16.1. The van der Waals surface area contributed by atoms with Crippen molar-refractivity contribution in [2.75, 3.05) is 11.1 Å². The maximum atomic E-state index is 11.2. The first-order valence-corrected chi connectivity index (χ1v) is 5.81. The number of carbonyl (C=O) groups is 1. The van der Waals surface area contributed by atoms with Gasteiger partial charge in [0.2, 0.25) is 0 Å². The van der Waals surface area contributed by atoms with E-state index in [9.17, 15) is 4.79 Å². The van der Waals surface area contributed by atoms with Crippen LogP contribution < -0.4 is 11.1 Å². The zero-order chi connectivity index (χ0) is 13.1. The summed E-state index contributed by atoms with van der Waals surface area (Å²) in [6, 6.07) is 13.3. The van der Waals surface area contributed by atoms with Gasteiger partial charge in [0.1, 0.15) is 0 Å². The first-order valence-electron chi connectivity index (χ1n) is 5.81. The van der Waals surface area contributed by atoms with E-state index >= 15 is 0 Å². The average molecular weight is 240 g/mol. The molecule has 2 aromatic carbocycles. The van der Waals surface area contributed by atoms with Crippen molar-refractivity contribution in [3.05, 3.63) is 53.6 Å². The molecular weight excluding hydrogens is 224 g/mol. The number of para-hydroxylation sites is 1. The van der Waals surface area contributed by atoms with Crippen LogP contribution in [0.4, 0.5) is 17.1 Å². The summed E-state index contributed by atoms with van der Waals surface area (Å²) in [7, 11) is 0. The highest BCUT2D eigenvalue weighted by molar-refractivity contribution is 5.96. The molecule has 0 saturated carbocycles. The van der Waals surface area contributed by atoms with E-state index in [0.717, 1.165) is 16.9 Å². The Bertz CT molecular complexity index is 591. The molecule has 0 radical (unpaired) electrons. The summed E-state index contributed by atoms with van der Waals surface area (Å²) in [6.07, 6.45) is 0. The molecule has 0 amide bonds. The average Bonchev–Trinajstić information content (AvgIpc) is 2.34. The minimum atomic E-state index is 0.0177. The second-order valence-electron chi connectivity index (χ2n) is 4.30. The van der Waals surface area contributed by atoms with Gasteiger partial charge in [-0.1, -0.05) is 18.2 Å². The predicted molar refractivity (Wildman–Crippen MR) is 75.3 cm³/mol. The first-order chi connectivity index (χ1) is 8.58. The lowest BCUT2D eigenvalue weighted by molar-refractivity contribution is 0.101. The highest BCUT2D eigenvalue weighted by Gasteiger charge is 2.05. The van der Waals surface area contributed by atoms with Gasteiger partial charge in [0.05, 0.1) is 11.4 Å². The third-order valence-corrected chi connectivity index (χ3v) is 2.87. The maximum absolute atomic E-state index is 11.2. The van der Waals surface area contributed by atoms with Gasteiger partial charge < -0.3 is 11.1 Å². The van der Waals surface area contributed by atoms with E-state index in [0.29, 0.717) is 11.3 Å². The van der Waals surface area contributed by atoms with Crippen LogP contribution in [-0.4, -0.2) is 5.78 Å². The number of hydrogen-bond donors (Lipinski definition) is 2. The number of ketones is 1. The smallest absolute Gasteiger partial charge is 0.159 e. The van der Waals surface area contributed by atoms with Gasteiger partial charge in [0.25, 0.3) is 0 Å². The molecular formula is C15H16N2O. The third kappa shape index (κ3) is 2.51. The molecule has 2 aromatic rings. The molecule has 0 spiro atoms. The SMILES string of the molecule is CC(=O)c1ccc(Nc2ccccc2C)c(N)c1. The van der Waals surface area contributed by atoms with Crippen molar-refractivity contribution in [1.82, 2.24) is 0 Å². The minimum Gasteiger partial charge on any atom is -0.397 e. The van der Waals surface area contributed by atoms with Crippen LogP contribution in [0.25, 0.3) is 0 Å². The fraction of sp³-hybridized carbons (Fsp3) is 0.133. The van der Waals surface area contributed by atoms with E-state index in [1.165, 1.54) is 6.92 Å². The summed E-state index contributed by atoms with van der Waals surface area (Å²) in [6.45, 7) is 3.56. The van der Waals surface area contributed by atoms with Crippen LogP contribution in [0, 0.1) is 6.92 Å². The van der Waals surface area contributed by atoms with E-state index in [1.807, 2.05) is 37.3 Å². The minimum absolute atomic E-state index is 0.0177. The lowest BCUT2D eigenvalue weighted by Crippen LogP contribution is -2.00. The molecule has 0 aliphatic rings. The monoisotopic (exact) mass is 240 g/mol. The Labute approximate surface area is 107 Å². The van der Waals surface area contributed by atoms with Gasteiger partial charge in [-0.05, 0) is 43.7 Å². The molecule has 0 aliphatic heterocycles. The Hall–Kier alpha value is -2.29. The molecule has 0 aromatic heterocycles. The number of aryl methyl sites for hydroxylation is 1. The van der Waals surface area contributed by atoms with Crippen molar-refractivity contribution in [2.24, 2.45) is 0 Å². The number of hydrogen-bond acceptors (Lipinski definition) is 3. The fourth-order valence-electron chi connectivity index (χ4n) is 1.75. The van der Waals surface area contributed by atoms with Crippen molar-refractivity contribution in [3.8, 4) is 0 Å². The summed E-state index contributed by atoms with van der Waals surface area (Å²) in [5, 5.41) is 3.27. The Morgan fingerprint density at radius 3 is 2.44 bits per heavy atom. The maximum Gasteiger partial charge on any atom is 0.159 e. The molecule has 0 saturated heterocycles. The Balaban J connectivity index is 2.30. The summed E-state index contributed by atoms with van der Waals surface area (Å²) in [4.78, 5) is 11.2. The topological polar surface area (TPSA) is 55.1 Å². The largest absolute Gasteiger partial charge is 0.397 e. The van der Waals surface area contributed by atoms with Crippen molar-refractivity contribution < 1.29 is 4.79 Å². The predicted octanol–water partition coefficient (Wildman–Crippen LogP) is 3.52. The molecule has 18 heavy (non-hydrogen) atoms. The third-order valence-electron chi connectivity index (χ3n) is 2.87. The van der Waals surface area contributed by atoms with Crippen LogP contribution in [0.2, 0.25) is 0 Å². The van der Waals surface area contributed by atoms with E-state index in [2.05, 4.69) is 5.32 Å². The second-order valence-corrected chi connectivity index (χ2v) is 4.30. The van der Waals surface area contributed by atoms with Gasteiger partial charge in [0, 0.05) is 11.3 Å². The Kier molecular flexibility index (Phi) is 3.33. The van der Waals surface area contributed by atoms with Gasteiger partial charge in [0.15, 0.2) is 5.78 Å². The molecule has 3 heteroatoms. The van der Waals surface area contributed by atoms with Gasteiger partial charge in [-0.2, -0.15) is 0 Å². The number of nitrogens with one attached hydrogen (secondary N) is 1. The summed E-state index contributed by atoms with van der Waals surface area (Å²) >= 11 is 0. The summed E-state index contributed by atoms with van der Waals surface area (Å²) < 4.78 is 0. The fourth-order valence-corrected chi connectivity index (χ4v) is 1.75. The van der Waals surface area contributed by atoms with Crippen molar-refractivity contribution in [3.63, 3.8) is 0 Å². The number of nitrogens with two attached hydrogens (primary N) is 1. The van der Waals surface area contributed by atoms with Gasteiger partial charge >= 0.3 is 0 Å². The van der Waals surface area contributed by atoms with Gasteiger partial charge in [-0.3, -0.25) is 4.79 Å². The standard InChI is InChI=1S/C15H16N2O/c1-10-5-3-4-6-14(10)17-15-8-7-12(11(2)18)9-13(15)16/h3-9,17H,16H2,1-2H3. The number of benzene rings is 2. The Morgan fingerprint density at radius 2 is 1.83 bits per heavy atom. The lowest BCUT2D eigenvalue weighted by Gasteiger charge is -2.12. The lowest BCUT2D eigenvalue weighted by atomic mass is 10.1. The van der Waals surface area contributed by atoms with E-state index < -0.39 is 0 Å². The highest BCUT2D eigenvalue weighted by Crippen LogP contribution is 2.26. The van der Waals surface area contributed by atoms with Gasteiger partial charge in [-0.15, -0.1) is 0 Å². The first kappa shape index (κ1) is 12.2. The van der Waals surface area contributed by atoms with Crippen LogP contribution in [0.15, 0.2) is 42.5 Å². The molecule has 0 atom stereocenters. The summed E-state index contributed by atoms with van der Waals surface area (Å²) in [5.74, 6) is 0.0177. The van der Waals surface area contributed by atoms with Crippen molar-refractivity contribution >= 4 is 22.8 Å². The molecule has 3 N–H and O–H groups in total. The van der Waals surface area contributed by atoms with Crippen LogP contribution >= 0.6 is 0 Å². The molecule has 92 valence electrons. The Morgan fingerprint density at radius 1 is 1.11 bits per heavy atom. The van der Waals surface area contributed by atoms with Crippen LogP contribution in [0.3, 0.4) is 0 Å². The molecule has 0 fully saturated rings. The van der Waals surface area contributed by atoms with Crippen LogP contribution in [-0.2, 0) is 0 Å². The molecule has 0 unspecified atom stereocenters. The molecule has 2 rings (SSSR count). The van der Waals surface area contributed by atoms with Gasteiger partial charge in [-0.25, -0.2) is 0 Å². The quantitative estimate of drug-likeness (QED) is 0.637. The number of anilines is 3. The zero-order valence-corrected chi connectivity index (χ0v) is 10.5. The number of Topliss-reactive ketones (excluding diaryl/α,β-unsaturated/α-hetero) is 1. The number of nitrogen functional groups attached to an aromatic ring is 1. The molecule has 0 aliphatic carbocycles. The van der Waals surface area contributed by atoms with Crippen LogP contribution in [0.1, 0.15) is 22.8 Å². The summed E-state index contributed by atoms with van der Waals surface area (Å²) in [5.41, 5.74) is 10.1. The molecule has 0 bridgehead atoms.